The van der Waals surface area contributed by atoms with Crippen LogP contribution in [0.1, 0.15) is 18.5 Å². The minimum Gasteiger partial charge on any atom is -0.396 e. The van der Waals surface area contributed by atoms with Crippen molar-refractivity contribution in [2.24, 2.45) is 0 Å². The zero-order valence-corrected chi connectivity index (χ0v) is 8.08. The predicted molar refractivity (Wildman–Crippen MR) is 48.7 cm³/mol. The Kier molecular flexibility index (Phi) is 1.63. The van der Waals surface area contributed by atoms with Crippen LogP contribution in [0.2, 0.25) is 0 Å². The summed E-state index contributed by atoms with van der Waals surface area (Å²) in [4.78, 5) is 0. The predicted octanol–water partition coefficient (Wildman–Crippen LogP) is 0.114. The lowest BCUT2D eigenvalue weighted by molar-refractivity contribution is 0.578. The third-order valence-electron chi connectivity index (χ3n) is 2.12. The highest BCUT2D eigenvalue weighted by Crippen LogP contribution is 2.30. The second-order valence-electron chi connectivity index (χ2n) is 3.29. The smallest absolute Gasteiger partial charge is 0.256 e. The van der Waals surface area contributed by atoms with Crippen LogP contribution in [0.15, 0.2) is 6.20 Å². The Morgan fingerprint density at radius 1 is 1.62 bits per heavy atom. The summed E-state index contributed by atoms with van der Waals surface area (Å²) in [6.07, 6.45) is 2.84. The number of hydrogen-bond donors (Lipinski definition) is 1. The molecule has 0 spiro atoms. The molecule has 0 atom stereocenters. The summed E-state index contributed by atoms with van der Waals surface area (Å²) in [6.45, 7) is 1.69. The molecule has 0 bridgehead atoms. The molecule has 1 aliphatic carbocycles. The highest BCUT2D eigenvalue weighted by atomic mass is 32.2. The topological polar surface area (TPSA) is 78.0 Å². The molecule has 1 aromatic rings. The maximum atomic E-state index is 11.6. The van der Waals surface area contributed by atoms with Crippen LogP contribution in [-0.4, -0.2) is 22.9 Å². The maximum absolute atomic E-state index is 11.6. The fourth-order valence-corrected chi connectivity index (χ4v) is 2.63. The molecule has 1 fully saturated rings. The number of nitrogen functional groups attached to an aromatic ring is 1. The lowest BCUT2D eigenvalue weighted by atomic mass is 10.4. The monoisotopic (exact) mass is 201 g/mol. The number of aryl methyl sites for hydroxylation is 1. The van der Waals surface area contributed by atoms with Crippen LogP contribution in [0.4, 0.5) is 5.69 Å². The molecule has 0 aliphatic heterocycles. The molecule has 2 N–H and O–H groups in total. The minimum absolute atomic E-state index is 0.244. The van der Waals surface area contributed by atoms with Crippen LogP contribution < -0.4 is 5.73 Å². The van der Waals surface area contributed by atoms with E-state index in [0.29, 0.717) is 11.4 Å². The Hall–Kier alpha value is -1.04. The Labute approximate surface area is 76.6 Å². The Morgan fingerprint density at radius 3 is 2.62 bits per heavy atom. The Bertz CT molecular complexity index is 411. The van der Waals surface area contributed by atoms with Gasteiger partial charge in [-0.1, -0.05) is 0 Å². The molecular weight excluding hydrogens is 190 g/mol. The maximum Gasteiger partial charge on any atom is 0.256 e. The van der Waals surface area contributed by atoms with Crippen molar-refractivity contribution in [2.45, 2.75) is 25.0 Å². The molecule has 5 nitrogen and oxygen atoms in total. The molecule has 6 heteroatoms. The molecule has 0 aromatic carbocycles. The lowest BCUT2D eigenvalue weighted by Crippen LogP contribution is -2.17. The van der Waals surface area contributed by atoms with Crippen molar-refractivity contribution in [3.8, 4) is 0 Å². The summed E-state index contributed by atoms with van der Waals surface area (Å²) in [7, 11) is -3.24. The number of hydrogen-bond acceptors (Lipinski definition) is 4. The average molecular weight is 201 g/mol. The van der Waals surface area contributed by atoms with Gasteiger partial charge in [-0.25, -0.2) is 8.42 Å². The number of anilines is 1. The van der Waals surface area contributed by atoms with Crippen LogP contribution in [-0.2, 0) is 10.0 Å². The van der Waals surface area contributed by atoms with Gasteiger partial charge < -0.3 is 5.73 Å². The molecule has 13 heavy (non-hydrogen) atoms. The number of nitrogens with two attached hydrogens (primary N) is 1. The van der Waals surface area contributed by atoms with Crippen molar-refractivity contribution < 1.29 is 8.42 Å². The van der Waals surface area contributed by atoms with E-state index in [2.05, 4.69) is 5.10 Å². The van der Waals surface area contributed by atoms with Gasteiger partial charge in [-0.3, -0.25) is 0 Å². The molecule has 1 aliphatic rings. The molecule has 0 unspecified atom stereocenters. The van der Waals surface area contributed by atoms with Crippen molar-refractivity contribution in [1.29, 1.82) is 0 Å². The normalized spacial score (nSPS) is 17.6. The highest BCUT2D eigenvalue weighted by molar-refractivity contribution is 7.90. The van der Waals surface area contributed by atoms with E-state index >= 15 is 0 Å². The first-order valence-electron chi connectivity index (χ1n) is 4.08. The van der Waals surface area contributed by atoms with Crippen LogP contribution in [0.3, 0.4) is 0 Å². The first-order valence-corrected chi connectivity index (χ1v) is 5.58. The molecule has 2 rings (SSSR count). The zero-order chi connectivity index (χ0) is 9.64. The van der Waals surface area contributed by atoms with Gasteiger partial charge >= 0.3 is 0 Å². The van der Waals surface area contributed by atoms with Crippen molar-refractivity contribution in [3.63, 3.8) is 0 Å². The quantitative estimate of drug-likeness (QED) is 0.736. The summed E-state index contributed by atoms with van der Waals surface area (Å²) in [5.74, 6) is 0. The SMILES string of the molecule is Cc1nn(S(=O)(=O)C2CC2)cc1N. The molecule has 1 aromatic heterocycles. The molecule has 0 amide bonds. The van der Waals surface area contributed by atoms with E-state index in [9.17, 15) is 8.42 Å². The summed E-state index contributed by atoms with van der Waals surface area (Å²) in [6, 6.07) is 0. The lowest BCUT2D eigenvalue weighted by Gasteiger charge is -1.99. The fourth-order valence-electron chi connectivity index (χ4n) is 1.10. The van der Waals surface area contributed by atoms with E-state index in [-0.39, 0.29) is 5.25 Å². The van der Waals surface area contributed by atoms with E-state index < -0.39 is 10.0 Å². The minimum atomic E-state index is -3.24. The van der Waals surface area contributed by atoms with Gasteiger partial charge in [0, 0.05) is 0 Å². The van der Waals surface area contributed by atoms with E-state index in [4.69, 9.17) is 5.73 Å². The van der Waals surface area contributed by atoms with E-state index in [0.717, 1.165) is 16.9 Å². The first-order chi connectivity index (χ1) is 6.01. The van der Waals surface area contributed by atoms with Crippen LogP contribution in [0.25, 0.3) is 0 Å². The van der Waals surface area contributed by atoms with Gasteiger partial charge in [-0.05, 0) is 19.8 Å². The van der Waals surface area contributed by atoms with Crippen LogP contribution in [0.5, 0.6) is 0 Å². The third kappa shape index (κ3) is 1.31. The van der Waals surface area contributed by atoms with Crippen molar-refractivity contribution >= 4 is 15.7 Å². The average Bonchev–Trinajstić information content (AvgIpc) is 2.81. The van der Waals surface area contributed by atoms with Gasteiger partial charge in [0.15, 0.2) is 0 Å². The number of rotatable bonds is 2. The summed E-state index contributed by atoms with van der Waals surface area (Å²) < 4.78 is 24.2. The number of aromatic nitrogens is 2. The van der Waals surface area contributed by atoms with Crippen LogP contribution >= 0.6 is 0 Å². The van der Waals surface area contributed by atoms with Crippen molar-refractivity contribution in [3.05, 3.63) is 11.9 Å². The molecule has 0 saturated heterocycles. The zero-order valence-electron chi connectivity index (χ0n) is 7.27. The molecule has 1 heterocycles. The second kappa shape index (κ2) is 2.47. The van der Waals surface area contributed by atoms with E-state index in [1.165, 1.54) is 6.20 Å². The van der Waals surface area contributed by atoms with Gasteiger partial charge in [0.2, 0.25) is 0 Å². The fraction of sp³-hybridized carbons (Fsp3) is 0.571. The van der Waals surface area contributed by atoms with Gasteiger partial charge in [-0.2, -0.15) is 9.19 Å². The molecule has 1 saturated carbocycles. The molecule has 72 valence electrons. The number of nitrogens with zero attached hydrogens (tertiary/aromatic N) is 2. The Morgan fingerprint density at radius 2 is 2.23 bits per heavy atom. The Balaban J connectivity index is 2.45. The summed E-state index contributed by atoms with van der Waals surface area (Å²) in [5, 5.41) is 3.60. The van der Waals surface area contributed by atoms with E-state index in [1.54, 1.807) is 6.92 Å². The third-order valence-corrected chi connectivity index (χ3v) is 4.14. The largest absolute Gasteiger partial charge is 0.396 e. The molecule has 0 radical (unpaired) electrons. The van der Waals surface area contributed by atoms with Crippen molar-refractivity contribution in [1.82, 2.24) is 9.19 Å². The second-order valence-corrected chi connectivity index (χ2v) is 5.36. The van der Waals surface area contributed by atoms with E-state index in [1.807, 2.05) is 0 Å². The summed E-state index contributed by atoms with van der Waals surface area (Å²) in [5.41, 5.74) is 6.49. The van der Waals surface area contributed by atoms with Crippen molar-refractivity contribution in [2.75, 3.05) is 5.73 Å². The van der Waals surface area contributed by atoms with Gasteiger partial charge in [0.25, 0.3) is 10.0 Å². The molecular formula is C7H11N3O2S. The highest BCUT2D eigenvalue weighted by Gasteiger charge is 2.37. The van der Waals surface area contributed by atoms with Gasteiger partial charge in [0.1, 0.15) is 0 Å². The van der Waals surface area contributed by atoms with Gasteiger partial charge in [-0.15, -0.1) is 0 Å². The first kappa shape index (κ1) is 8.55. The van der Waals surface area contributed by atoms with Gasteiger partial charge in [0.05, 0.1) is 22.8 Å². The van der Waals surface area contributed by atoms with Crippen LogP contribution in [0, 0.1) is 6.92 Å². The summed E-state index contributed by atoms with van der Waals surface area (Å²) >= 11 is 0. The standard InChI is InChI=1S/C7H11N3O2S/c1-5-7(8)4-10(9-5)13(11,12)6-2-3-6/h4,6H,2-3,8H2,1H3.